The van der Waals surface area contributed by atoms with E-state index in [4.69, 9.17) is 0 Å². The van der Waals surface area contributed by atoms with Gasteiger partial charge in [-0.05, 0) is 54.8 Å². The Bertz CT molecular complexity index is 1290. The molecule has 0 aliphatic rings. The van der Waals surface area contributed by atoms with Gasteiger partial charge in [-0.2, -0.15) is 0 Å². The van der Waals surface area contributed by atoms with Crippen molar-refractivity contribution in [3.8, 4) is 0 Å². The molecule has 0 bridgehead atoms. The number of anilines is 1. The monoisotopic (exact) mass is 485 g/mol. The molecule has 0 heterocycles. The van der Waals surface area contributed by atoms with Crippen LogP contribution >= 0.6 is 0 Å². The number of benzene rings is 3. The maximum Gasteiger partial charge on any atom is 0.274 e. The standard InChI is InChI=1S/C24H24FN3O5S/c1-17-22(4-3-5-23(17)28(30)31)27(34(2,32)33)16-19-6-10-20(11-7-19)24(29)26-15-14-18-8-12-21(25)13-9-18/h3-13H,14-16H2,1-2H3,(H,26,29). The number of rotatable bonds is 9. The molecule has 1 N–H and O–H groups in total. The first-order valence-corrected chi connectivity index (χ1v) is 12.2. The molecular formula is C24H24FN3O5S. The third kappa shape index (κ3) is 6.16. The van der Waals surface area contributed by atoms with Crippen molar-refractivity contribution in [3.63, 3.8) is 0 Å². The Labute approximate surface area is 197 Å². The highest BCUT2D eigenvalue weighted by molar-refractivity contribution is 7.92. The third-order valence-corrected chi connectivity index (χ3v) is 6.42. The molecule has 0 saturated carbocycles. The Morgan fingerprint density at radius 3 is 2.24 bits per heavy atom. The summed E-state index contributed by atoms with van der Waals surface area (Å²) in [4.78, 5) is 23.1. The summed E-state index contributed by atoms with van der Waals surface area (Å²) >= 11 is 0. The average Bonchev–Trinajstić information content (AvgIpc) is 2.78. The summed E-state index contributed by atoms with van der Waals surface area (Å²) in [6.45, 7) is 1.83. The predicted octanol–water partition coefficient (Wildman–Crippen LogP) is 3.98. The zero-order valence-electron chi connectivity index (χ0n) is 18.7. The molecule has 3 rings (SSSR count). The minimum absolute atomic E-state index is 0.0483. The molecule has 3 aromatic carbocycles. The largest absolute Gasteiger partial charge is 0.352 e. The lowest BCUT2D eigenvalue weighted by atomic mass is 10.1. The topological polar surface area (TPSA) is 110 Å². The van der Waals surface area contributed by atoms with Crippen molar-refractivity contribution in [1.82, 2.24) is 5.32 Å². The fraction of sp³-hybridized carbons (Fsp3) is 0.208. The van der Waals surface area contributed by atoms with E-state index in [1.807, 2.05) is 0 Å². The van der Waals surface area contributed by atoms with Crippen LogP contribution in [0.15, 0.2) is 66.7 Å². The Kier molecular flexibility index (Phi) is 7.62. The van der Waals surface area contributed by atoms with Gasteiger partial charge in [-0.15, -0.1) is 0 Å². The van der Waals surface area contributed by atoms with Crippen molar-refractivity contribution in [1.29, 1.82) is 0 Å². The second-order valence-corrected chi connectivity index (χ2v) is 9.68. The fourth-order valence-corrected chi connectivity index (χ4v) is 4.40. The number of nitro benzene ring substituents is 1. The summed E-state index contributed by atoms with van der Waals surface area (Å²) in [6, 6.07) is 16.8. The van der Waals surface area contributed by atoms with E-state index in [0.29, 0.717) is 24.1 Å². The van der Waals surface area contributed by atoms with Gasteiger partial charge in [0.1, 0.15) is 5.82 Å². The Morgan fingerprint density at radius 1 is 1.03 bits per heavy atom. The number of sulfonamides is 1. The number of carbonyl (C=O) groups excluding carboxylic acids is 1. The molecule has 10 heteroatoms. The van der Waals surface area contributed by atoms with E-state index in [2.05, 4.69) is 5.32 Å². The van der Waals surface area contributed by atoms with Gasteiger partial charge >= 0.3 is 0 Å². The average molecular weight is 486 g/mol. The number of carbonyl (C=O) groups is 1. The van der Waals surface area contributed by atoms with E-state index in [9.17, 15) is 27.7 Å². The first kappa shape index (κ1) is 24.8. The van der Waals surface area contributed by atoms with Gasteiger partial charge in [-0.25, -0.2) is 12.8 Å². The molecule has 0 spiro atoms. The zero-order valence-corrected chi connectivity index (χ0v) is 19.5. The number of nitrogens with zero attached hydrogens (tertiary/aromatic N) is 2. The van der Waals surface area contributed by atoms with Gasteiger partial charge in [-0.1, -0.05) is 30.3 Å². The second kappa shape index (κ2) is 10.4. The van der Waals surface area contributed by atoms with Gasteiger partial charge in [-0.3, -0.25) is 19.2 Å². The molecule has 0 unspecified atom stereocenters. The number of amides is 1. The van der Waals surface area contributed by atoms with Crippen LogP contribution in [0.2, 0.25) is 0 Å². The number of nitro groups is 1. The quantitative estimate of drug-likeness (QED) is 0.364. The predicted molar refractivity (Wildman–Crippen MR) is 128 cm³/mol. The molecule has 0 aliphatic carbocycles. The van der Waals surface area contributed by atoms with E-state index < -0.39 is 14.9 Å². The van der Waals surface area contributed by atoms with Gasteiger partial charge in [0, 0.05) is 18.2 Å². The van der Waals surface area contributed by atoms with Crippen LogP contribution in [-0.2, 0) is 23.0 Å². The molecule has 0 aromatic heterocycles. The summed E-state index contributed by atoms with van der Waals surface area (Å²) < 4.78 is 39.0. The molecule has 0 saturated heterocycles. The lowest BCUT2D eigenvalue weighted by Crippen LogP contribution is -2.30. The minimum atomic E-state index is -3.74. The van der Waals surface area contributed by atoms with Gasteiger partial charge in [0.25, 0.3) is 11.6 Å². The Hall–Kier alpha value is -3.79. The number of nitrogens with one attached hydrogen (secondary N) is 1. The number of halogens is 1. The summed E-state index contributed by atoms with van der Waals surface area (Å²) in [5.41, 5.74) is 2.21. The minimum Gasteiger partial charge on any atom is -0.352 e. The molecular weight excluding hydrogens is 461 g/mol. The van der Waals surface area contributed by atoms with Crippen LogP contribution in [0.3, 0.4) is 0 Å². The van der Waals surface area contributed by atoms with E-state index >= 15 is 0 Å². The van der Waals surface area contributed by atoms with E-state index in [1.54, 1.807) is 36.4 Å². The SMILES string of the molecule is Cc1c(N(Cc2ccc(C(=O)NCCc3ccc(F)cc3)cc2)S(C)(=O)=O)cccc1[N+](=O)[O-]. The molecule has 0 atom stereocenters. The Balaban J connectivity index is 1.70. The maximum absolute atomic E-state index is 13.0. The van der Waals surface area contributed by atoms with Crippen molar-refractivity contribution >= 4 is 27.3 Å². The van der Waals surface area contributed by atoms with E-state index in [-0.39, 0.29) is 35.2 Å². The highest BCUT2D eigenvalue weighted by Crippen LogP contribution is 2.31. The van der Waals surface area contributed by atoms with Crippen LogP contribution < -0.4 is 9.62 Å². The lowest BCUT2D eigenvalue weighted by Gasteiger charge is -2.24. The highest BCUT2D eigenvalue weighted by atomic mass is 32.2. The fourth-order valence-electron chi connectivity index (χ4n) is 3.46. The summed E-state index contributed by atoms with van der Waals surface area (Å²) in [5.74, 6) is -0.605. The van der Waals surface area contributed by atoms with E-state index in [1.165, 1.54) is 37.3 Å². The maximum atomic E-state index is 13.0. The second-order valence-electron chi connectivity index (χ2n) is 7.78. The normalized spacial score (nSPS) is 11.1. The van der Waals surface area contributed by atoms with Crippen LogP contribution in [-0.4, -0.2) is 32.0 Å². The summed E-state index contributed by atoms with van der Waals surface area (Å²) in [5, 5.41) is 14.1. The van der Waals surface area contributed by atoms with Crippen LogP contribution in [0.4, 0.5) is 15.8 Å². The molecule has 34 heavy (non-hydrogen) atoms. The molecule has 3 aromatic rings. The van der Waals surface area contributed by atoms with Crippen molar-refractivity contribution in [3.05, 3.63) is 105 Å². The molecule has 178 valence electrons. The third-order valence-electron chi connectivity index (χ3n) is 5.30. The molecule has 0 fully saturated rings. The van der Waals surface area contributed by atoms with Crippen LogP contribution in [0.1, 0.15) is 27.0 Å². The highest BCUT2D eigenvalue weighted by Gasteiger charge is 2.24. The van der Waals surface area contributed by atoms with E-state index in [0.717, 1.165) is 16.1 Å². The van der Waals surface area contributed by atoms with Crippen LogP contribution in [0, 0.1) is 22.9 Å². The number of hydrogen-bond acceptors (Lipinski definition) is 5. The smallest absolute Gasteiger partial charge is 0.274 e. The zero-order chi connectivity index (χ0) is 24.9. The lowest BCUT2D eigenvalue weighted by molar-refractivity contribution is -0.385. The van der Waals surface area contributed by atoms with Gasteiger partial charge in [0.05, 0.1) is 29.0 Å². The molecule has 1 amide bonds. The van der Waals surface area contributed by atoms with Gasteiger partial charge < -0.3 is 5.32 Å². The van der Waals surface area contributed by atoms with Gasteiger partial charge in [0.15, 0.2) is 0 Å². The van der Waals surface area contributed by atoms with Crippen molar-refractivity contribution < 1.29 is 22.5 Å². The first-order chi connectivity index (χ1) is 16.1. The summed E-state index contributed by atoms with van der Waals surface area (Å²) in [6.07, 6.45) is 1.59. The van der Waals surface area contributed by atoms with Crippen LogP contribution in [0.25, 0.3) is 0 Å². The number of hydrogen-bond donors (Lipinski definition) is 1. The molecule has 0 radical (unpaired) electrons. The van der Waals surface area contributed by atoms with Crippen LogP contribution in [0.5, 0.6) is 0 Å². The first-order valence-electron chi connectivity index (χ1n) is 10.4. The van der Waals surface area contributed by atoms with Crippen molar-refractivity contribution in [2.24, 2.45) is 0 Å². The molecule has 0 aliphatic heterocycles. The summed E-state index contributed by atoms with van der Waals surface area (Å²) in [7, 11) is -3.74. The van der Waals surface area contributed by atoms with Crippen molar-refractivity contribution in [2.75, 3.05) is 17.1 Å². The Morgan fingerprint density at radius 2 is 1.65 bits per heavy atom. The molecule has 8 nitrogen and oxygen atoms in total. The van der Waals surface area contributed by atoms with Gasteiger partial charge in [0.2, 0.25) is 10.0 Å². The van der Waals surface area contributed by atoms with Crippen molar-refractivity contribution in [2.45, 2.75) is 19.9 Å².